The molecule has 0 radical (unpaired) electrons. The van der Waals surface area contributed by atoms with Crippen LogP contribution in [0.1, 0.15) is 12.8 Å². The zero-order chi connectivity index (χ0) is 16.5. The average Bonchev–Trinajstić information content (AvgIpc) is 3.24. The molecule has 2 unspecified atom stereocenters. The lowest BCUT2D eigenvalue weighted by Crippen LogP contribution is -2.15. The third-order valence-corrected chi connectivity index (χ3v) is 7.21. The Labute approximate surface area is 151 Å². The molecule has 0 spiro atoms. The fraction of sp³-hybridized carbons (Fsp3) is 0.529. The highest BCUT2D eigenvalue weighted by atomic mass is 32.2. The number of fused-ring (bicyclic) bond motifs is 1. The lowest BCUT2D eigenvalue weighted by atomic mass is 10.0. The first kappa shape index (κ1) is 16.3. The van der Waals surface area contributed by atoms with E-state index < -0.39 is 0 Å². The second kappa shape index (κ2) is 6.98. The minimum absolute atomic E-state index is 0.673. The molecule has 1 aliphatic heterocycles. The number of aryl methyl sites for hydroxylation is 1. The molecule has 1 saturated carbocycles. The van der Waals surface area contributed by atoms with Gasteiger partial charge in [0.05, 0.1) is 7.11 Å². The molecule has 1 aliphatic carbocycles. The molecule has 1 saturated heterocycles. The van der Waals surface area contributed by atoms with Gasteiger partial charge in [-0.25, -0.2) is 14.3 Å². The van der Waals surface area contributed by atoms with Gasteiger partial charge in [0.15, 0.2) is 5.16 Å². The van der Waals surface area contributed by atoms with E-state index in [1.807, 2.05) is 48.4 Å². The molecule has 2 fully saturated rings. The summed E-state index contributed by atoms with van der Waals surface area (Å²) >= 11 is 3.78. The van der Waals surface area contributed by atoms with Crippen molar-refractivity contribution >= 4 is 23.7 Å². The molecule has 2 aromatic heterocycles. The van der Waals surface area contributed by atoms with E-state index in [2.05, 4.69) is 32.0 Å². The van der Waals surface area contributed by atoms with E-state index >= 15 is 0 Å². The summed E-state index contributed by atoms with van der Waals surface area (Å²) in [4.78, 5) is 9.93. The summed E-state index contributed by atoms with van der Waals surface area (Å²) in [5.41, 5.74) is 0. The van der Waals surface area contributed by atoms with E-state index in [1.165, 1.54) is 30.8 Å². The van der Waals surface area contributed by atoms with Gasteiger partial charge in [0.2, 0.25) is 5.88 Å². The van der Waals surface area contributed by atoms with Gasteiger partial charge < -0.3 is 9.30 Å². The SMILES string of the molecule is COc1ccc(SN2CC3CC(Sc4nccn4C)C[C@@H]3C2)cn1. The molecule has 5 nitrogen and oxygen atoms in total. The molecule has 128 valence electrons. The van der Waals surface area contributed by atoms with Gasteiger partial charge in [-0.15, -0.1) is 0 Å². The van der Waals surface area contributed by atoms with E-state index in [0.29, 0.717) is 5.88 Å². The third kappa shape index (κ3) is 3.43. The van der Waals surface area contributed by atoms with Crippen LogP contribution >= 0.6 is 23.7 Å². The predicted octanol–water partition coefficient (Wildman–Crippen LogP) is 3.33. The summed E-state index contributed by atoms with van der Waals surface area (Å²) in [6.07, 6.45) is 8.43. The van der Waals surface area contributed by atoms with Crippen molar-refractivity contribution in [3.8, 4) is 5.88 Å². The first-order valence-electron chi connectivity index (χ1n) is 8.28. The van der Waals surface area contributed by atoms with Crippen molar-refractivity contribution in [3.05, 3.63) is 30.7 Å². The summed E-state index contributed by atoms with van der Waals surface area (Å²) < 4.78 is 9.74. The third-order valence-electron chi connectivity index (χ3n) is 4.88. The highest BCUT2D eigenvalue weighted by molar-refractivity contribution is 7.99. The summed E-state index contributed by atoms with van der Waals surface area (Å²) in [6.45, 7) is 2.36. The second-order valence-electron chi connectivity index (χ2n) is 6.53. The van der Waals surface area contributed by atoms with Crippen LogP contribution < -0.4 is 4.74 Å². The van der Waals surface area contributed by atoms with Gasteiger partial charge in [-0.2, -0.15) is 0 Å². The molecule has 7 heteroatoms. The Kier molecular flexibility index (Phi) is 4.74. The first-order chi connectivity index (χ1) is 11.7. The number of rotatable bonds is 5. The van der Waals surface area contributed by atoms with E-state index in [-0.39, 0.29) is 0 Å². The van der Waals surface area contributed by atoms with Crippen molar-refractivity contribution in [1.82, 2.24) is 18.8 Å². The van der Waals surface area contributed by atoms with Gasteiger partial charge in [0.25, 0.3) is 0 Å². The molecule has 2 aromatic rings. The number of hydrogen-bond acceptors (Lipinski definition) is 6. The number of methoxy groups -OCH3 is 1. The number of ether oxygens (including phenoxy) is 1. The average molecular weight is 363 g/mol. The molecule has 2 aliphatic rings. The fourth-order valence-corrected chi connectivity index (χ4v) is 6.07. The molecular weight excluding hydrogens is 340 g/mol. The second-order valence-corrected chi connectivity index (χ2v) is 8.96. The molecule has 24 heavy (non-hydrogen) atoms. The smallest absolute Gasteiger partial charge is 0.212 e. The highest BCUT2D eigenvalue weighted by Gasteiger charge is 2.41. The maximum Gasteiger partial charge on any atom is 0.212 e. The number of aromatic nitrogens is 3. The normalized spacial score (nSPS) is 26.7. The zero-order valence-corrected chi connectivity index (χ0v) is 15.6. The van der Waals surface area contributed by atoms with Crippen molar-refractivity contribution < 1.29 is 4.74 Å². The molecule has 0 N–H and O–H groups in total. The minimum atomic E-state index is 0.673. The van der Waals surface area contributed by atoms with E-state index in [9.17, 15) is 0 Å². The molecule has 3 atom stereocenters. The Bertz CT molecular complexity index is 676. The van der Waals surface area contributed by atoms with Crippen LogP contribution in [0.4, 0.5) is 0 Å². The van der Waals surface area contributed by atoms with Crippen molar-refractivity contribution in [2.45, 2.75) is 28.1 Å². The van der Waals surface area contributed by atoms with Gasteiger partial charge in [-0.3, -0.25) is 0 Å². The van der Waals surface area contributed by atoms with E-state index in [1.54, 1.807) is 7.11 Å². The number of pyridine rings is 1. The Balaban J connectivity index is 1.30. The standard InChI is InChI=1S/C17H22N4OS2/c1-20-6-5-18-17(20)23-15-7-12-10-21(11-13(12)8-15)24-14-3-4-16(22-2)19-9-14/h3-6,9,12-13,15H,7-8,10-11H2,1-2H3/t12-,13?,15?/m1/s1. The predicted molar refractivity (Wildman–Crippen MR) is 97.3 cm³/mol. The number of thioether (sulfide) groups is 1. The van der Waals surface area contributed by atoms with Gasteiger partial charge in [-0.1, -0.05) is 11.8 Å². The van der Waals surface area contributed by atoms with Crippen LogP contribution in [0, 0.1) is 11.8 Å². The van der Waals surface area contributed by atoms with Crippen LogP contribution in [0.5, 0.6) is 5.88 Å². The largest absolute Gasteiger partial charge is 0.481 e. The summed E-state index contributed by atoms with van der Waals surface area (Å²) in [6, 6.07) is 4.02. The Morgan fingerprint density at radius 1 is 1.17 bits per heavy atom. The molecular formula is C17H22N4OS2. The molecule has 0 amide bonds. The lowest BCUT2D eigenvalue weighted by molar-refractivity contribution is 0.397. The molecule has 0 aromatic carbocycles. The summed E-state index contributed by atoms with van der Waals surface area (Å²) in [5, 5.41) is 1.87. The summed E-state index contributed by atoms with van der Waals surface area (Å²) in [5.74, 6) is 2.31. The Morgan fingerprint density at radius 2 is 1.96 bits per heavy atom. The number of imidazole rings is 1. The maximum absolute atomic E-state index is 5.12. The van der Waals surface area contributed by atoms with Crippen molar-refractivity contribution in [3.63, 3.8) is 0 Å². The minimum Gasteiger partial charge on any atom is -0.481 e. The Morgan fingerprint density at radius 3 is 2.54 bits per heavy atom. The quantitative estimate of drug-likeness (QED) is 0.760. The number of hydrogen-bond donors (Lipinski definition) is 0. The van der Waals surface area contributed by atoms with Crippen molar-refractivity contribution in [1.29, 1.82) is 0 Å². The summed E-state index contributed by atoms with van der Waals surface area (Å²) in [7, 11) is 3.72. The van der Waals surface area contributed by atoms with Gasteiger partial charge in [0.1, 0.15) is 0 Å². The molecule has 3 heterocycles. The fourth-order valence-electron chi connectivity index (χ4n) is 3.68. The van der Waals surface area contributed by atoms with Crippen LogP contribution in [-0.4, -0.2) is 44.3 Å². The highest BCUT2D eigenvalue weighted by Crippen LogP contribution is 2.46. The van der Waals surface area contributed by atoms with Gasteiger partial charge >= 0.3 is 0 Å². The van der Waals surface area contributed by atoms with E-state index in [0.717, 1.165) is 22.2 Å². The Hall–Kier alpha value is -1.18. The molecule has 0 bridgehead atoms. The van der Waals surface area contributed by atoms with Crippen molar-refractivity contribution in [2.24, 2.45) is 18.9 Å². The monoisotopic (exact) mass is 362 g/mol. The van der Waals surface area contributed by atoms with Crippen LogP contribution in [0.15, 0.2) is 40.8 Å². The molecule has 4 rings (SSSR count). The van der Waals surface area contributed by atoms with E-state index in [4.69, 9.17) is 4.74 Å². The van der Waals surface area contributed by atoms with Gasteiger partial charge in [0, 0.05) is 54.9 Å². The van der Waals surface area contributed by atoms with Gasteiger partial charge in [-0.05, 0) is 42.7 Å². The van der Waals surface area contributed by atoms with Crippen LogP contribution in [0.2, 0.25) is 0 Å². The maximum atomic E-state index is 5.12. The first-order valence-corrected chi connectivity index (χ1v) is 9.93. The van der Waals surface area contributed by atoms with Crippen molar-refractivity contribution in [2.75, 3.05) is 20.2 Å². The van der Waals surface area contributed by atoms with Crippen LogP contribution in [0.25, 0.3) is 0 Å². The van der Waals surface area contributed by atoms with Crippen LogP contribution in [-0.2, 0) is 7.05 Å². The topological polar surface area (TPSA) is 43.2 Å². The van der Waals surface area contributed by atoms with Crippen LogP contribution in [0.3, 0.4) is 0 Å². The number of nitrogens with zero attached hydrogens (tertiary/aromatic N) is 4. The lowest BCUT2D eigenvalue weighted by Gasteiger charge is -2.17. The zero-order valence-electron chi connectivity index (χ0n) is 14.0.